The zero-order valence-corrected chi connectivity index (χ0v) is 15.7. The highest BCUT2D eigenvalue weighted by Crippen LogP contribution is 2.20. The van der Waals surface area contributed by atoms with Crippen molar-refractivity contribution in [2.45, 2.75) is 0 Å². The molecule has 2 aliphatic rings. The van der Waals surface area contributed by atoms with Crippen molar-refractivity contribution in [2.75, 3.05) is 62.2 Å². The van der Waals surface area contributed by atoms with E-state index in [1.165, 1.54) is 0 Å². The number of nitrogens with one attached hydrogen (secondary N) is 1. The number of thioether (sulfide) groups is 1. The van der Waals surface area contributed by atoms with Crippen molar-refractivity contribution in [3.8, 4) is 0 Å². The Morgan fingerprint density at radius 2 is 1.76 bits per heavy atom. The molecular weight excluding hydrogens is 360 g/mol. The highest BCUT2D eigenvalue weighted by atomic mass is 35.5. The van der Waals surface area contributed by atoms with Gasteiger partial charge in [0.05, 0.1) is 6.54 Å². The maximum atomic E-state index is 12.3. The maximum Gasteiger partial charge on any atom is 0.317 e. The first-order valence-corrected chi connectivity index (χ1v) is 10.1. The van der Waals surface area contributed by atoms with Crippen LogP contribution < -0.4 is 10.2 Å². The molecule has 2 aliphatic heterocycles. The average Bonchev–Trinajstić information content (AvgIpc) is 2.66. The number of urea groups is 1. The van der Waals surface area contributed by atoms with Crippen LogP contribution in [0.25, 0.3) is 0 Å². The Hall–Kier alpha value is -1.60. The monoisotopic (exact) mass is 382 g/mol. The minimum Gasteiger partial charge on any atom is -0.368 e. The molecule has 0 atom stereocenters. The molecule has 0 aliphatic carbocycles. The number of piperazine rings is 1. The fourth-order valence-electron chi connectivity index (χ4n) is 3.03. The largest absolute Gasteiger partial charge is 0.368 e. The number of carbonyl (C=O) groups is 2. The highest BCUT2D eigenvalue weighted by Gasteiger charge is 2.23. The van der Waals surface area contributed by atoms with Gasteiger partial charge in [0.1, 0.15) is 0 Å². The standard InChI is InChI=1S/C17H23ClN4O2S/c18-14-2-1-3-15(12-14)20-4-6-22(7-5-20)17(24)19-13-16(23)21-8-10-25-11-9-21/h1-3,12H,4-11,13H2,(H,19,24). The fourth-order valence-corrected chi connectivity index (χ4v) is 4.12. The van der Waals surface area contributed by atoms with Gasteiger partial charge in [-0.05, 0) is 18.2 Å². The van der Waals surface area contributed by atoms with Crippen LogP contribution in [-0.2, 0) is 4.79 Å². The molecule has 1 aromatic carbocycles. The summed E-state index contributed by atoms with van der Waals surface area (Å²) >= 11 is 7.90. The van der Waals surface area contributed by atoms with Gasteiger partial charge in [-0.1, -0.05) is 17.7 Å². The molecule has 2 heterocycles. The smallest absolute Gasteiger partial charge is 0.317 e. The molecule has 0 unspecified atom stereocenters. The van der Waals surface area contributed by atoms with E-state index in [0.717, 1.165) is 43.4 Å². The van der Waals surface area contributed by atoms with Crippen LogP contribution in [0.5, 0.6) is 0 Å². The average molecular weight is 383 g/mol. The second-order valence-electron chi connectivity index (χ2n) is 6.11. The molecule has 2 saturated heterocycles. The van der Waals surface area contributed by atoms with Crippen molar-refractivity contribution in [3.63, 3.8) is 0 Å². The molecule has 2 fully saturated rings. The SMILES string of the molecule is O=C(CNC(=O)N1CCN(c2cccc(Cl)c2)CC1)N1CCSCC1. The summed E-state index contributed by atoms with van der Waals surface area (Å²) in [6.45, 7) is 4.41. The van der Waals surface area contributed by atoms with Crippen molar-refractivity contribution < 1.29 is 9.59 Å². The molecule has 8 heteroatoms. The minimum absolute atomic E-state index is 0.00575. The Morgan fingerprint density at radius 3 is 2.44 bits per heavy atom. The van der Waals surface area contributed by atoms with Gasteiger partial charge in [-0.25, -0.2) is 4.79 Å². The van der Waals surface area contributed by atoms with E-state index in [2.05, 4.69) is 10.2 Å². The first kappa shape index (κ1) is 18.2. The molecule has 6 nitrogen and oxygen atoms in total. The first-order valence-electron chi connectivity index (χ1n) is 8.52. The van der Waals surface area contributed by atoms with Crippen LogP contribution in [-0.4, -0.2) is 79.1 Å². The van der Waals surface area contributed by atoms with Crippen LogP contribution in [0.2, 0.25) is 5.02 Å². The zero-order chi connectivity index (χ0) is 17.6. The van der Waals surface area contributed by atoms with Crippen molar-refractivity contribution in [3.05, 3.63) is 29.3 Å². The minimum atomic E-state index is -0.162. The van der Waals surface area contributed by atoms with Crippen LogP contribution in [0.15, 0.2) is 24.3 Å². The highest BCUT2D eigenvalue weighted by molar-refractivity contribution is 7.99. The van der Waals surface area contributed by atoms with Crippen LogP contribution in [0, 0.1) is 0 Å². The van der Waals surface area contributed by atoms with E-state index in [0.29, 0.717) is 18.1 Å². The molecule has 25 heavy (non-hydrogen) atoms. The molecule has 0 spiro atoms. The van der Waals surface area contributed by atoms with E-state index < -0.39 is 0 Å². The zero-order valence-electron chi connectivity index (χ0n) is 14.1. The third kappa shape index (κ3) is 4.95. The molecule has 1 N–H and O–H groups in total. The number of amides is 3. The number of carbonyl (C=O) groups excluding carboxylic acids is 2. The summed E-state index contributed by atoms with van der Waals surface area (Å²) in [4.78, 5) is 30.2. The van der Waals surface area contributed by atoms with Crippen molar-refractivity contribution in [1.29, 1.82) is 0 Å². The van der Waals surface area contributed by atoms with E-state index >= 15 is 0 Å². The van der Waals surface area contributed by atoms with Crippen molar-refractivity contribution in [1.82, 2.24) is 15.1 Å². The van der Waals surface area contributed by atoms with Gasteiger partial charge in [0, 0.05) is 61.5 Å². The van der Waals surface area contributed by atoms with E-state index in [4.69, 9.17) is 11.6 Å². The Bertz CT molecular complexity index is 616. The Kier molecular flexibility index (Phi) is 6.31. The maximum absolute atomic E-state index is 12.3. The van der Waals surface area contributed by atoms with Gasteiger partial charge in [-0.3, -0.25) is 4.79 Å². The Labute approximate surface area is 157 Å². The van der Waals surface area contributed by atoms with Gasteiger partial charge in [0.2, 0.25) is 5.91 Å². The van der Waals surface area contributed by atoms with E-state index in [1.807, 2.05) is 40.9 Å². The molecule has 3 amide bonds. The van der Waals surface area contributed by atoms with Crippen molar-refractivity contribution >= 4 is 41.0 Å². The third-order valence-electron chi connectivity index (χ3n) is 4.49. The van der Waals surface area contributed by atoms with Gasteiger partial charge in [-0.15, -0.1) is 0 Å². The lowest BCUT2D eigenvalue weighted by Crippen LogP contribution is -2.53. The van der Waals surface area contributed by atoms with Crippen LogP contribution >= 0.6 is 23.4 Å². The Balaban J connectivity index is 1.43. The summed E-state index contributed by atoms with van der Waals surface area (Å²) in [5, 5.41) is 3.48. The second-order valence-corrected chi connectivity index (χ2v) is 7.77. The fraction of sp³-hybridized carbons (Fsp3) is 0.529. The number of anilines is 1. The second kappa shape index (κ2) is 8.67. The Morgan fingerprint density at radius 1 is 1.04 bits per heavy atom. The number of hydrogen-bond donors (Lipinski definition) is 1. The lowest BCUT2D eigenvalue weighted by Gasteiger charge is -2.36. The summed E-state index contributed by atoms with van der Waals surface area (Å²) in [5.41, 5.74) is 1.07. The van der Waals surface area contributed by atoms with Crippen molar-refractivity contribution in [2.24, 2.45) is 0 Å². The molecule has 0 bridgehead atoms. The molecule has 0 saturated carbocycles. The van der Waals surface area contributed by atoms with E-state index in [9.17, 15) is 9.59 Å². The summed E-state index contributed by atoms with van der Waals surface area (Å²) < 4.78 is 0. The normalized spacial score (nSPS) is 18.2. The number of hydrogen-bond acceptors (Lipinski definition) is 4. The summed E-state index contributed by atoms with van der Waals surface area (Å²) in [6.07, 6.45) is 0. The van der Waals surface area contributed by atoms with Gasteiger partial charge >= 0.3 is 6.03 Å². The molecule has 1 aromatic rings. The predicted molar refractivity (Wildman–Crippen MR) is 103 cm³/mol. The number of halogens is 1. The van der Waals surface area contributed by atoms with Gasteiger partial charge < -0.3 is 20.0 Å². The van der Waals surface area contributed by atoms with Crippen LogP contribution in [0.4, 0.5) is 10.5 Å². The van der Waals surface area contributed by atoms with E-state index in [1.54, 1.807) is 4.90 Å². The topological polar surface area (TPSA) is 55.9 Å². The summed E-state index contributed by atoms with van der Waals surface area (Å²) in [7, 11) is 0. The predicted octanol–water partition coefficient (Wildman–Crippen LogP) is 1.75. The summed E-state index contributed by atoms with van der Waals surface area (Å²) in [6, 6.07) is 7.59. The quantitative estimate of drug-likeness (QED) is 0.865. The first-order chi connectivity index (χ1) is 12.1. The lowest BCUT2D eigenvalue weighted by molar-refractivity contribution is -0.129. The number of nitrogens with zero attached hydrogens (tertiary/aromatic N) is 3. The molecule has 3 rings (SSSR count). The number of rotatable bonds is 3. The molecule has 0 radical (unpaired) electrons. The van der Waals surface area contributed by atoms with Gasteiger partial charge in [0.25, 0.3) is 0 Å². The lowest BCUT2D eigenvalue weighted by atomic mass is 10.2. The van der Waals surface area contributed by atoms with E-state index in [-0.39, 0.29) is 18.5 Å². The van der Waals surface area contributed by atoms with Crippen LogP contribution in [0.1, 0.15) is 0 Å². The van der Waals surface area contributed by atoms with Crippen LogP contribution in [0.3, 0.4) is 0 Å². The van der Waals surface area contributed by atoms with Gasteiger partial charge in [-0.2, -0.15) is 11.8 Å². The molecular formula is C17H23ClN4O2S. The van der Waals surface area contributed by atoms with Gasteiger partial charge in [0.15, 0.2) is 0 Å². The summed E-state index contributed by atoms with van der Waals surface area (Å²) in [5.74, 6) is 1.96. The molecule has 0 aromatic heterocycles. The molecule has 136 valence electrons. The third-order valence-corrected chi connectivity index (χ3v) is 5.67. The number of benzene rings is 1.